The van der Waals surface area contributed by atoms with Gasteiger partial charge in [-0.25, -0.2) is 0 Å². The lowest BCUT2D eigenvalue weighted by Gasteiger charge is -2.29. The molecule has 0 aliphatic carbocycles. The highest BCUT2D eigenvalue weighted by molar-refractivity contribution is 5.98. The summed E-state index contributed by atoms with van der Waals surface area (Å²) in [4.78, 5) is 24.5. The molecule has 2 amide bonds. The normalized spacial score (nSPS) is 15.4. The van der Waals surface area contributed by atoms with Crippen LogP contribution in [0.3, 0.4) is 0 Å². The number of methoxy groups -OCH3 is 2. The molecule has 0 spiro atoms. The molecule has 1 aliphatic rings. The van der Waals surface area contributed by atoms with Crippen molar-refractivity contribution in [1.29, 1.82) is 0 Å². The molecule has 0 radical (unpaired) electrons. The molecule has 1 heterocycles. The Balaban J connectivity index is 2.17. The summed E-state index contributed by atoms with van der Waals surface area (Å²) in [6.07, 6.45) is 0.709. The Labute approximate surface area is 178 Å². The van der Waals surface area contributed by atoms with Crippen molar-refractivity contribution in [3.05, 3.63) is 46.5 Å². The van der Waals surface area contributed by atoms with Crippen molar-refractivity contribution in [2.24, 2.45) is 0 Å². The summed E-state index contributed by atoms with van der Waals surface area (Å²) in [6.45, 7) is 8.10. The van der Waals surface area contributed by atoms with Gasteiger partial charge in [-0.15, -0.1) is 0 Å². The number of benzene rings is 2. The Kier molecular flexibility index (Phi) is 6.34. The van der Waals surface area contributed by atoms with Gasteiger partial charge in [-0.1, -0.05) is 26.8 Å². The Morgan fingerprint density at radius 2 is 1.83 bits per heavy atom. The molecule has 0 saturated carbocycles. The number of hydrogen-bond acceptors (Lipinski definition) is 4. The molecule has 30 heavy (non-hydrogen) atoms. The number of nitrogens with one attached hydrogen (secondary N) is 2. The monoisotopic (exact) mass is 410 g/mol. The van der Waals surface area contributed by atoms with Gasteiger partial charge in [0.25, 0.3) is 0 Å². The lowest BCUT2D eigenvalue weighted by Crippen LogP contribution is -2.24. The van der Waals surface area contributed by atoms with Gasteiger partial charge in [0.05, 0.1) is 19.9 Å². The van der Waals surface area contributed by atoms with Crippen LogP contribution in [-0.4, -0.2) is 26.0 Å². The van der Waals surface area contributed by atoms with Crippen LogP contribution in [0.15, 0.2) is 24.3 Å². The number of rotatable bonds is 6. The summed E-state index contributed by atoms with van der Waals surface area (Å²) in [5.41, 5.74) is 5.55. The topological polar surface area (TPSA) is 76.7 Å². The Morgan fingerprint density at radius 3 is 2.43 bits per heavy atom. The first kappa shape index (κ1) is 21.7. The molecule has 3 rings (SSSR count). The van der Waals surface area contributed by atoms with Crippen LogP contribution in [0.2, 0.25) is 0 Å². The Hall–Kier alpha value is -3.02. The summed E-state index contributed by atoms with van der Waals surface area (Å²) in [7, 11) is 3.23. The zero-order valence-electron chi connectivity index (χ0n) is 18.5. The molecule has 0 fully saturated rings. The highest BCUT2D eigenvalue weighted by Crippen LogP contribution is 2.44. The van der Waals surface area contributed by atoms with Crippen LogP contribution in [0, 0.1) is 6.92 Å². The van der Waals surface area contributed by atoms with Gasteiger partial charge in [0.1, 0.15) is 11.5 Å². The molecule has 6 nitrogen and oxygen atoms in total. The molecule has 1 atom stereocenters. The van der Waals surface area contributed by atoms with Crippen molar-refractivity contribution in [3.63, 3.8) is 0 Å². The third-order valence-electron chi connectivity index (χ3n) is 5.62. The van der Waals surface area contributed by atoms with Crippen molar-refractivity contribution in [1.82, 2.24) is 0 Å². The van der Waals surface area contributed by atoms with Crippen molar-refractivity contribution >= 4 is 23.2 Å². The minimum Gasteiger partial charge on any atom is -0.496 e. The number of aryl methyl sites for hydroxylation is 1. The molecule has 0 aromatic heterocycles. The number of anilines is 2. The van der Waals surface area contributed by atoms with Gasteiger partial charge in [0.15, 0.2) is 0 Å². The van der Waals surface area contributed by atoms with Gasteiger partial charge < -0.3 is 20.1 Å². The minimum atomic E-state index is -0.125. The molecular weight excluding hydrogens is 380 g/mol. The summed E-state index contributed by atoms with van der Waals surface area (Å²) in [6, 6.07) is 7.90. The lowest BCUT2D eigenvalue weighted by atomic mass is 9.81. The third-order valence-corrected chi connectivity index (χ3v) is 5.62. The number of hydrogen-bond donors (Lipinski definition) is 2. The summed E-state index contributed by atoms with van der Waals surface area (Å²) >= 11 is 0. The second-order valence-electron chi connectivity index (χ2n) is 7.95. The molecule has 2 N–H and O–H groups in total. The zero-order chi connectivity index (χ0) is 22.0. The van der Waals surface area contributed by atoms with Crippen LogP contribution in [0.5, 0.6) is 11.5 Å². The van der Waals surface area contributed by atoms with Gasteiger partial charge in [0, 0.05) is 30.5 Å². The van der Waals surface area contributed by atoms with Crippen molar-refractivity contribution < 1.29 is 19.1 Å². The number of amides is 2. The summed E-state index contributed by atoms with van der Waals surface area (Å²) in [5, 5.41) is 5.86. The van der Waals surface area contributed by atoms with E-state index in [4.69, 9.17) is 9.47 Å². The Bertz CT molecular complexity index is 982. The maximum Gasteiger partial charge on any atom is 0.225 e. The average Bonchev–Trinajstić information content (AvgIpc) is 2.72. The smallest absolute Gasteiger partial charge is 0.225 e. The average molecular weight is 411 g/mol. The molecule has 2 aromatic carbocycles. The van der Waals surface area contributed by atoms with E-state index in [0.717, 1.165) is 28.0 Å². The van der Waals surface area contributed by atoms with Gasteiger partial charge in [-0.2, -0.15) is 0 Å². The van der Waals surface area contributed by atoms with E-state index in [9.17, 15) is 9.59 Å². The van der Waals surface area contributed by atoms with Crippen LogP contribution in [0.25, 0.3) is 0 Å². The van der Waals surface area contributed by atoms with E-state index in [1.54, 1.807) is 27.2 Å². The zero-order valence-corrected chi connectivity index (χ0v) is 18.5. The molecular formula is C24H30N2O4. The van der Waals surface area contributed by atoms with Crippen LogP contribution < -0.4 is 20.1 Å². The first-order chi connectivity index (χ1) is 14.3. The maximum atomic E-state index is 12.5. The van der Waals surface area contributed by atoms with E-state index < -0.39 is 0 Å². The van der Waals surface area contributed by atoms with Crippen molar-refractivity contribution in [2.45, 2.75) is 52.4 Å². The van der Waals surface area contributed by atoms with E-state index in [0.29, 0.717) is 30.0 Å². The highest BCUT2D eigenvalue weighted by atomic mass is 16.5. The van der Waals surface area contributed by atoms with E-state index >= 15 is 0 Å². The van der Waals surface area contributed by atoms with E-state index in [2.05, 4.69) is 30.5 Å². The van der Waals surface area contributed by atoms with Crippen LogP contribution in [-0.2, 0) is 9.59 Å². The standard InChI is InChI=1S/C24H30N2O4/c1-7-23(27)26-20-10-18-17(11-24(28)25-19(18)12-22(20)30-6)16-9-15(13(2)3)21(29-5)8-14(16)4/h8-10,12-13,17H,7,11H2,1-6H3,(H,25,28)(H,26,27). The third kappa shape index (κ3) is 4.13. The van der Waals surface area contributed by atoms with Crippen molar-refractivity contribution in [3.8, 4) is 11.5 Å². The molecule has 1 aliphatic heterocycles. The van der Waals surface area contributed by atoms with E-state index in [1.165, 1.54) is 0 Å². The Morgan fingerprint density at radius 1 is 1.13 bits per heavy atom. The number of carbonyl (C=O) groups excluding carboxylic acids is 2. The SMILES string of the molecule is CCC(=O)Nc1cc2c(cc1OC)NC(=O)CC2c1cc(C(C)C)c(OC)cc1C. The minimum absolute atomic E-state index is 0.0405. The molecule has 2 aromatic rings. The first-order valence-corrected chi connectivity index (χ1v) is 10.3. The predicted molar refractivity (Wildman–Crippen MR) is 119 cm³/mol. The van der Waals surface area contributed by atoms with E-state index in [-0.39, 0.29) is 23.7 Å². The van der Waals surface area contributed by atoms with Crippen LogP contribution in [0.1, 0.15) is 67.7 Å². The largest absolute Gasteiger partial charge is 0.496 e. The quantitative estimate of drug-likeness (QED) is 0.706. The van der Waals surface area contributed by atoms with Crippen LogP contribution >= 0.6 is 0 Å². The van der Waals surface area contributed by atoms with Crippen molar-refractivity contribution in [2.75, 3.05) is 24.9 Å². The molecule has 160 valence electrons. The van der Waals surface area contributed by atoms with Gasteiger partial charge >= 0.3 is 0 Å². The first-order valence-electron chi connectivity index (χ1n) is 10.3. The summed E-state index contributed by atoms with van der Waals surface area (Å²) in [5.74, 6) is 1.41. The van der Waals surface area contributed by atoms with Crippen LogP contribution in [0.4, 0.5) is 11.4 Å². The fourth-order valence-electron chi connectivity index (χ4n) is 3.99. The van der Waals surface area contributed by atoms with Gasteiger partial charge in [0.2, 0.25) is 11.8 Å². The second kappa shape index (κ2) is 8.78. The molecule has 0 saturated heterocycles. The number of carbonyl (C=O) groups is 2. The fourth-order valence-corrected chi connectivity index (χ4v) is 3.99. The lowest BCUT2D eigenvalue weighted by molar-refractivity contribution is -0.117. The van der Waals surface area contributed by atoms with Gasteiger partial charge in [-0.3, -0.25) is 9.59 Å². The fraction of sp³-hybridized carbons (Fsp3) is 0.417. The molecule has 1 unspecified atom stereocenters. The highest BCUT2D eigenvalue weighted by Gasteiger charge is 2.30. The second-order valence-corrected chi connectivity index (χ2v) is 7.95. The molecule has 0 bridgehead atoms. The number of fused-ring (bicyclic) bond motifs is 1. The molecule has 6 heteroatoms. The number of ether oxygens (including phenoxy) is 2. The van der Waals surface area contributed by atoms with Gasteiger partial charge in [-0.05, 0) is 47.2 Å². The predicted octanol–water partition coefficient (Wildman–Crippen LogP) is 4.96. The van der Waals surface area contributed by atoms with E-state index in [1.807, 2.05) is 19.1 Å². The maximum absolute atomic E-state index is 12.5. The summed E-state index contributed by atoms with van der Waals surface area (Å²) < 4.78 is 11.0.